The van der Waals surface area contributed by atoms with Gasteiger partial charge < -0.3 is 10.1 Å². The zero-order chi connectivity index (χ0) is 18.8. The fraction of sp³-hybridized carbons (Fsp3) is 0.267. The fourth-order valence-electron chi connectivity index (χ4n) is 2.05. The van der Waals surface area contributed by atoms with Crippen molar-refractivity contribution in [2.24, 2.45) is 7.05 Å². The van der Waals surface area contributed by atoms with Crippen LogP contribution in [0.3, 0.4) is 0 Å². The largest absolute Gasteiger partial charge is 0.424 e. The Bertz CT molecular complexity index is 818. The van der Waals surface area contributed by atoms with Crippen LogP contribution in [0.2, 0.25) is 5.02 Å². The summed E-state index contributed by atoms with van der Waals surface area (Å²) in [5.74, 6) is -1.46. The zero-order valence-corrected chi connectivity index (χ0v) is 13.9. The van der Waals surface area contributed by atoms with Gasteiger partial charge in [-0.2, -0.15) is 18.3 Å². The van der Waals surface area contributed by atoms with Crippen LogP contribution in [-0.2, 0) is 18.3 Å². The number of carbonyl (C=O) groups excluding carboxylic acids is 2. The number of alkyl halides is 3. The van der Waals surface area contributed by atoms with Gasteiger partial charge in [0.15, 0.2) is 5.75 Å². The van der Waals surface area contributed by atoms with Gasteiger partial charge in [0.2, 0.25) is 0 Å². The number of nitrogens with zero attached hydrogens (tertiary/aromatic N) is 2. The number of benzene rings is 1. The molecule has 0 saturated carbocycles. The summed E-state index contributed by atoms with van der Waals surface area (Å²) >= 11 is 5.93. The first kappa shape index (κ1) is 18.8. The lowest BCUT2D eigenvalue weighted by atomic mass is 10.2. The normalized spacial score (nSPS) is 11.3. The maximum atomic E-state index is 12.4. The molecule has 1 heterocycles. The van der Waals surface area contributed by atoms with Crippen molar-refractivity contribution in [3.63, 3.8) is 0 Å². The van der Waals surface area contributed by atoms with Crippen molar-refractivity contribution in [3.05, 3.63) is 40.5 Å². The molecule has 0 spiro atoms. The highest BCUT2D eigenvalue weighted by atomic mass is 35.5. The topological polar surface area (TPSA) is 73.2 Å². The monoisotopic (exact) mass is 375 g/mol. The van der Waals surface area contributed by atoms with Crippen molar-refractivity contribution in [2.45, 2.75) is 19.5 Å². The molecule has 2 rings (SSSR count). The zero-order valence-electron chi connectivity index (χ0n) is 13.1. The summed E-state index contributed by atoms with van der Waals surface area (Å²) in [6.45, 7) is 1.15. The Labute approximate surface area is 145 Å². The van der Waals surface area contributed by atoms with E-state index in [2.05, 4.69) is 10.4 Å². The van der Waals surface area contributed by atoms with Crippen molar-refractivity contribution in [1.82, 2.24) is 9.78 Å². The average molecular weight is 376 g/mol. The smallest absolute Gasteiger partial charge is 0.394 e. The number of anilines is 1. The molecule has 1 aromatic carbocycles. The molecule has 1 aromatic heterocycles. The van der Waals surface area contributed by atoms with Gasteiger partial charge in [0.25, 0.3) is 5.91 Å². The molecule has 1 amide bonds. The third-order valence-corrected chi connectivity index (χ3v) is 3.31. The summed E-state index contributed by atoms with van der Waals surface area (Å²) in [7, 11) is 1.39. The van der Waals surface area contributed by atoms with E-state index in [1.165, 1.54) is 25.2 Å². The highest BCUT2D eigenvalue weighted by Gasteiger charge is 2.29. The van der Waals surface area contributed by atoms with E-state index in [4.69, 9.17) is 16.3 Å². The van der Waals surface area contributed by atoms with Gasteiger partial charge in [0, 0.05) is 20.0 Å². The SMILES string of the molecule is CC(=O)Oc1c(Cl)cccc1C(=O)Nc1cc(CC(F)(F)F)nn1C. The number of para-hydroxylation sites is 1. The third-order valence-electron chi connectivity index (χ3n) is 3.01. The van der Waals surface area contributed by atoms with Crippen molar-refractivity contribution in [1.29, 1.82) is 0 Å². The number of amides is 1. The van der Waals surface area contributed by atoms with Crippen molar-refractivity contribution in [3.8, 4) is 5.75 Å². The Kier molecular flexibility index (Phi) is 5.36. The maximum absolute atomic E-state index is 12.4. The van der Waals surface area contributed by atoms with Gasteiger partial charge >= 0.3 is 12.1 Å². The van der Waals surface area contributed by atoms with E-state index in [1.807, 2.05) is 0 Å². The molecule has 0 unspecified atom stereocenters. The van der Waals surface area contributed by atoms with Crippen molar-refractivity contribution < 1.29 is 27.5 Å². The minimum Gasteiger partial charge on any atom is -0.424 e. The lowest BCUT2D eigenvalue weighted by Gasteiger charge is -2.11. The lowest BCUT2D eigenvalue weighted by Crippen LogP contribution is -2.17. The molecule has 0 radical (unpaired) electrons. The quantitative estimate of drug-likeness (QED) is 0.657. The van der Waals surface area contributed by atoms with Gasteiger partial charge in [0.1, 0.15) is 5.82 Å². The first-order valence-electron chi connectivity index (χ1n) is 6.95. The molecular weight excluding hydrogens is 363 g/mol. The van der Waals surface area contributed by atoms with Crippen LogP contribution >= 0.6 is 11.6 Å². The van der Waals surface area contributed by atoms with Crippen LogP contribution in [0, 0.1) is 0 Å². The summed E-state index contributed by atoms with van der Waals surface area (Å²) in [5.41, 5.74) is -0.280. The van der Waals surface area contributed by atoms with Crippen molar-refractivity contribution in [2.75, 3.05) is 5.32 Å². The first-order valence-corrected chi connectivity index (χ1v) is 7.32. The Morgan fingerprint density at radius 1 is 1.36 bits per heavy atom. The molecule has 0 atom stereocenters. The number of hydrogen-bond acceptors (Lipinski definition) is 4. The number of hydrogen-bond donors (Lipinski definition) is 1. The number of aromatic nitrogens is 2. The predicted octanol–water partition coefficient (Wildman–Crippen LogP) is 3.36. The predicted molar refractivity (Wildman–Crippen MR) is 83.7 cm³/mol. The third kappa shape index (κ3) is 4.96. The maximum Gasteiger partial charge on any atom is 0.394 e. The van der Waals surface area contributed by atoms with Crippen molar-refractivity contribution >= 4 is 29.3 Å². The molecule has 2 aromatic rings. The molecule has 6 nitrogen and oxygen atoms in total. The standard InChI is InChI=1S/C15H13ClF3N3O3/c1-8(23)25-13-10(4-3-5-11(13)16)14(24)20-12-6-9(21-22(12)2)7-15(17,18)19/h3-6H,7H2,1-2H3,(H,20,24). The van der Waals surface area contributed by atoms with E-state index < -0.39 is 24.5 Å². The van der Waals surface area contributed by atoms with Gasteiger partial charge in [-0.05, 0) is 12.1 Å². The molecular formula is C15H13ClF3N3O3. The van der Waals surface area contributed by atoms with Gasteiger partial charge in [-0.15, -0.1) is 0 Å². The first-order chi connectivity index (χ1) is 11.6. The van der Waals surface area contributed by atoms with Crippen LogP contribution in [0.4, 0.5) is 19.0 Å². The van der Waals surface area contributed by atoms with E-state index in [0.29, 0.717) is 0 Å². The number of ether oxygens (including phenoxy) is 1. The van der Waals surface area contributed by atoms with E-state index in [1.54, 1.807) is 0 Å². The molecule has 0 aliphatic rings. The van der Waals surface area contributed by atoms with E-state index in [0.717, 1.165) is 17.7 Å². The number of carbonyl (C=O) groups is 2. The summed E-state index contributed by atoms with van der Waals surface area (Å²) in [6, 6.07) is 5.39. The van der Waals surface area contributed by atoms with Gasteiger partial charge in [0.05, 0.1) is 22.7 Å². The Balaban J connectivity index is 2.26. The minimum atomic E-state index is -4.41. The van der Waals surface area contributed by atoms with Crippen LogP contribution in [0.1, 0.15) is 23.0 Å². The number of nitrogens with one attached hydrogen (secondary N) is 1. The Morgan fingerprint density at radius 2 is 2.04 bits per heavy atom. The fourth-order valence-corrected chi connectivity index (χ4v) is 2.27. The second-order valence-corrected chi connectivity index (χ2v) is 5.51. The van der Waals surface area contributed by atoms with E-state index >= 15 is 0 Å². The van der Waals surface area contributed by atoms with Crippen LogP contribution in [0.25, 0.3) is 0 Å². The number of esters is 1. The molecule has 134 valence electrons. The molecule has 0 saturated heterocycles. The second-order valence-electron chi connectivity index (χ2n) is 5.10. The molecule has 0 aliphatic heterocycles. The summed E-state index contributed by atoms with van der Waals surface area (Å²) in [6.07, 6.45) is -5.63. The van der Waals surface area contributed by atoms with Crippen LogP contribution < -0.4 is 10.1 Å². The molecule has 1 N–H and O–H groups in total. The summed E-state index contributed by atoms with van der Waals surface area (Å²) in [5, 5.41) is 6.17. The van der Waals surface area contributed by atoms with Gasteiger partial charge in [-0.1, -0.05) is 17.7 Å². The van der Waals surface area contributed by atoms with Gasteiger partial charge in [-0.3, -0.25) is 14.3 Å². The van der Waals surface area contributed by atoms with E-state index in [-0.39, 0.29) is 27.8 Å². The molecule has 25 heavy (non-hydrogen) atoms. The number of rotatable bonds is 4. The van der Waals surface area contributed by atoms with Crippen LogP contribution in [-0.4, -0.2) is 27.8 Å². The number of aryl methyl sites for hydroxylation is 1. The summed E-state index contributed by atoms with van der Waals surface area (Å²) < 4.78 is 43.3. The molecule has 0 aliphatic carbocycles. The van der Waals surface area contributed by atoms with Crippen LogP contribution in [0.5, 0.6) is 5.75 Å². The Hall–Kier alpha value is -2.55. The molecule has 10 heteroatoms. The number of halogens is 4. The van der Waals surface area contributed by atoms with Gasteiger partial charge in [-0.25, -0.2) is 0 Å². The average Bonchev–Trinajstić information content (AvgIpc) is 2.78. The highest BCUT2D eigenvalue weighted by Crippen LogP contribution is 2.30. The molecule has 0 fully saturated rings. The lowest BCUT2D eigenvalue weighted by molar-refractivity contribution is -0.132. The minimum absolute atomic E-state index is 0.0405. The van der Waals surface area contributed by atoms with Crippen LogP contribution in [0.15, 0.2) is 24.3 Å². The van der Waals surface area contributed by atoms with E-state index in [9.17, 15) is 22.8 Å². The highest BCUT2D eigenvalue weighted by molar-refractivity contribution is 6.33. The Morgan fingerprint density at radius 3 is 2.64 bits per heavy atom. The second kappa shape index (κ2) is 7.14. The molecule has 0 bridgehead atoms. The summed E-state index contributed by atoms with van der Waals surface area (Å²) in [4.78, 5) is 23.5.